The van der Waals surface area contributed by atoms with E-state index in [9.17, 15) is 19.2 Å². The number of hydrogen-bond acceptors (Lipinski definition) is 6. The summed E-state index contributed by atoms with van der Waals surface area (Å²) in [6, 6.07) is 8.11. The number of imide groups is 1. The van der Waals surface area contributed by atoms with Crippen LogP contribution < -0.4 is 16.2 Å². The molecule has 3 aromatic rings. The fourth-order valence-corrected chi connectivity index (χ4v) is 4.79. The first kappa shape index (κ1) is 22.2. The van der Waals surface area contributed by atoms with Crippen LogP contribution in [0.1, 0.15) is 46.4 Å². The van der Waals surface area contributed by atoms with Crippen LogP contribution in [0.3, 0.4) is 0 Å². The molecule has 3 heterocycles. The molecule has 3 amide bonds. The van der Waals surface area contributed by atoms with E-state index in [1.165, 1.54) is 15.9 Å². The minimum atomic E-state index is -0.748. The number of carbonyl (C=O) groups excluding carboxylic acids is 3. The average Bonchev–Trinajstić information content (AvgIpc) is 3.19. The lowest BCUT2D eigenvalue weighted by molar-refractivity contribution is -0.135. The minimum Gasteiger partial charge on any atom is -0.351 e. The topological polar surface area (TPSA) is 110 Å². The van der Waals surface area contributed by atoms with Crippen LogP contribution in [0, 0.1) is 6.92 Å². The predicted molar refractivity (Wildman–Crippen MR) is 122 cm³/mol. The Morgan fingerprint density at radius 2 is 2.09 bits per heavy atom. The molecule has 0 spiro atoms. The van der Waals surface area contributed by atoms with Crippen LogP contribution in [0.25, 0.3) is 10.9 Å². The number of benzene rings is 1. The number of carbonyl (C=O) groups is 3. The number of aryl methyl sites for hydroxylation is 2. The summed E-state index contributed by atoms with van der Waals surface area (Å²) in [5.74, 6) is -0.540. The van der Waals surface area contributed by atoms with Crippen LogP contribution in [0.5, 0.6) is 0 Å². The van der Waals surface area contributed by atoms with Crippen molar-refractivity contribution in [1.82, 2.24) is 20.2 Å². The van der Waals surface area contributed by atoms with Crippen LogP contribution in [0.2, 0.25) is 4.34 Å². The van der Waals surface area contributed by atoms with Gasteiger partial charge in [-0.05, 0) is 56.0 Å². The number of fused-ring (bicyclic) bond motifs is 1. The fraction of sp³-hybridized carbons (Fsp3) is 0.318. The maximum atomic E-state index is 13.2. The molecule has 1 aliphatic heterocycles. The van der Waals surface area contributed by atoms with Crippen molar-refractivity contribution in [2.45, 2.75) is 38.6 Å². The maximum absolute atomic E-state index is 13.2. The Kier molecular flexibility index (Phi) is 6.38. The van der Waals surface area contributed by atoms with Crippen molar-refractivity contribution in [3.63, 3.8) is 0 Å². The molecular formula is C22H21ClN4O4S. The third kappa shape index (κ3) is 4.58. The molecule has 166 valence electrons. The molecule has 2 aromatic heterocycles. The molecule has 1 unspecified atom stereocenters. The Balaban J connectivity index is 1.48. The molecule has 1 aromatic carbocycles. The van der Waals surface area contributed by atoms with E-state index in [1.807, 2.05) is 6.07 Å². The van der Waals surface area contributed by atoms with Gasteiger partial charge in [0.2, 0.25) is 11.8 Å². The van der Waals surface area contributed by atoms with Crippen LogP contribution in [-0.2, 0) is 16.0 Å². The van der Waals surface area contributed by atoms with Crippen molar-refractivity contribution >= 4 is 51.6 Å². The van der Waals surface area contributed by atoms with Crippen molar-refractivity contribution < 1.29 is 14.4 Å². The van der Waals surface area contributed by atoms with E-state index < -0.39 is 11.9 Å². The highest BCUT2D eigenvalue weighted by atomic mass is 35.5. The molecule has 8 nitrogen and oxygen atoms in total. The molecule has 10 heteroatoms. The molecule has 0 aliphatic carbocycles. The van der Waals surface area contributed by atoms with E-state index in [2.05, 4.69) is 15.6 Å². The lowest BCUT2D eigenvalue weighted by atomic mass is 10.0. The molecule has 0 radical (unpaired) electrons. The molecule has 1 aliphatic rings. The number of aromatic nitrogens is 2. The van der Waals surface area contributed by atoms with Crippen LogP contribution in [0.15, 0.2) is 35.1 Å². The van der Waals surface area contributed by atoms with Gasteiger partial charge in [-0.1, -0.05) is 17.7 Å². The number of hydrogen-bond donors (Lipinski definition) is 2. The first-order valence-corrected chi connectivity index (χ1v) is 11.4. The minimum absolute atomic E-state index is 0.160. The number of thiophene rings is 1. The average molecular weight is 473 g/mol. The number of halogens is 1. The molecular weight excluding hydrogens is 452 g/mol. The van der Waals surface area contributed by atoms with E-state index in [0.29, 0.717) is 45.3 Å². The van der Waals surface area contributed by atoms with Crippen LogP contribution in [-0.4, -0.2) is 33.8 Å². The fourth-order valence-electron chi connectivity index (χ4n) is 3.83. The van der Waals surface area contributed by atoms with Gasteiger partial charge in [0, 0.05) is 13.0 Å². The number of nitrogens with zero attached hydrogens (tertiary/aromatic N) is 2. The number of nitrogens with one attached hydrogen (secondary N) is 2. The lowest BCUT2D eigenvalue weighted by Gasteiger charge is -2.24. The number of piperidine rings is 1. The SMILES string of the molecule is Cc1nc2ccc(CCCNC(=O)c3ccc(Cl)s3)cc2c(=O)n1C1CCC(=O)NC1=O. The maximum Gasteiger partial charge on any atom is 0.262 e. The second-order valence-corrected chi connectivity index (χ2v) is 9.33. The summed E-state index contributed by atoms with van der Waals surface area (Å²) in [6.45, 7) is 2.17. The normalized spacial score (nSPS) is 16.2. The third-order valence-electron chi connectivity index (χ3n) is 5.39. The molecule has 4 rings (SSSR count). The molecule has 1 fully saturated rings. The number of amides is 3. The second kappa shape index (κ2) is 9.22. The lowest BCUT2D eigenvalue weighted by Crippen LogP contribution is -2.45. The summed E-state index contributed by atoms with van der Waals surface area (Å²) >= 11 is 7.09. The Morgan fingerprint density at radius 1 is 1.28 bits per heavy atom. The van der Waals surface area contributed by atoms with E-state index in [0.717, 1.165) is 5.56 Å². The summed E-state index contributed by atoms with van der Waals surface area (Å²) in [4.78, 5) is 54.1. The van der Waals surface area contributed by atoms with Gasteiger partial charge in [0.15, 0.2) is 0 Å². The zero-order valence-electron chi connectivity index (χ0n) is 17.3. The van der Waals surface area contributed by atoms with Crippen molar-refractivity contribution in [1.29, 1.82) is 0 Å². The Hall–Kier alpha value is -3.04. The van der Waals surface area contributed by atoms with Gasteiger partial charge >= 0.3 is 0 Å². The largest absolute Gasteiger partial charge is 0.351 e. The first-order chi connectivity index (χ1) is 15.3. The van der Waals surface area contributed by atoms with E-state index in [-0.39, 0.29) is 30.2 Å². The summed E-state index contributed by atoms with van der Waals surface area (Å²) < 4.78 is 1.94. The predicted octanol–water partition coefficient (Wildman–Crippen LogP) is 2.76. The van der Waals surface area contributed by atoms with Crippen LogP contribution >= 0.6 is 22.9 Å². The van der Waals surface area contributed by atoms with Crippen LogP contribution in [0.4, 0.5) is 0 Å². The van der Waals surface area contributed by atoms with Gasteiger partial charge in [-0.25, -0.2) is 4.98 Å². The van der Waals surface area contributed by atoms with E-state index >= 15 is 0 Å². The summed E-state index contributed by atoms with van der Waals surface area (Å²) in [5.41, 5.74) is 1.19. The van der Waals surface area contributed by atoms with Gasteiger partial charge in [-0.15, -0.1) is 11.3 Å². The highest BCUT2D eigenvalue weighted by Gasteiger charge is 2.30. The monoisotopic (exact) mass is 472 g/mol. The van der Waals surface area contributed by atoms with Gasteiger partial charge in [0.25, 0.3) is 11.5 Å². The first-order valence-electron chi connectivity index (χ1n) is 10.2. The Morgan fingerprint density at radius 3 is 2.81 bits per heavy atom. The van der Waals surface area contributed by atoms with Crippen molar-refractivity contribution in [2.24, 2.45) is 0 Å². The standard InChI is InChI=1S/C22H21ClN4O4S/c1-12-25-15-5-4-13(3-2-10-24-21(30)17-7-8-18(23)32-17)11-14(15)22(31)27(12)16-6-9-19(28)26-20(16)29/h4-5,7-8,11,16H,2-3,6,9-10H2,1H3,(H,24,30)(H,26,28,29). The van der Waals surface area contributed by atoms with Gasteiger partial charge in [0.1, 0.15) is 11.9 Å². The molecule has 32 heavy (non-hydrogen) atoms. The van der Waals surface area contributed by atoms with E-state index in [4.69, 9.17) is 11.6 Å². The van der Waals surface area contributed by atoms with Crippen molar-refractivity contribution in [3.05, 3.63) is 61.3 Å². The van der Waals surface area contributed by atoms with Gasteiger partial charge in [-0.2, -0.15) is 0 Å². The van der Waals surface area contributed by atoms with Gasteiger partial charge < -0.3 is 5.32 Å². The van der Waals surface area contributed by atoms with E-state index in [1.54, 1.807) is 31.2 Å². The molecule has 0 bridgehead atoms. The quantitative estimate of drug-likeness (QED) is 0.423. The van der Waals surface area contributed by atoms with Gasteiger partial charge in [0.05, 0.1) is 20.1 Å². The zero-order chi connectivity index (χ0) is 22.8. The molecule has 0 saturated carbocycles. The highest BCUT2D eigenvalue weighted by molar-refractivity contribution is 7.18. The highest BCUT2D eigenvalue weighted by Crippen LogP contribution is 2.22. The summed E-state index contributed by atoms with van der Waals surface area (Å²) in [7, 11) is 0. The zero-order valence-corrected chi connectivity index (χ0v) is 18.9. The molecule has 1 saturated heterocycles. The van der Waals surface area contributed by atoms with Gasteiger partial charge in [-0.3, -0.25) is 29.1 Å². The van der Waals surface area contributed by atoms with Crippen molar-refractivity contribution in [2.75, 3.05) is 6.54 Å². The third-order valence-corrected chi connectivity index (χ3v) is 6.62. The molecule has 1 atom stereocenters. The summed E-state index contributed by atoms with van der Waals surface area (Å²) in [5, 5.41) is 5.58. The Labute approximate surface area is 192 Å². The Bertz CT molecular complexity index is 1280. The molecule has 2 N–H and O–H groups in total. The second-order valence-electron chi connectivity index (χ2n) is 7.62. The number of rotatable bonds is 6. The van der Waals surface area contributed by atoms with Crippen molar-refractivity contribution in [3.8, 4) is 0 Å². The smallest absolute Gasteiger partial charge is 0.262 e. The summed E-state index contributed by atoms with van der Waals surface area (Å²) in [6.07, 6.45) is 1.81.